The summed E-state index contributed by atoms with van der Waals surface area (Å²) in [6, 6.07) is 10.1. The van der Waals surface area contributed by atoms with Crippen molar-refractivity contribution in [3.8, 4) is 0 Å². The topological polar surface area (TPSA) is 50.4 Å². The number of hydrogen-bond donors (Lipinski definition) is 2. The zero-order valence-corrected chi connectivity index (χ0v) is 12.1. The molecule has 1 fully saturated rings. The van der Waals surface area contributed by atoms with Gasteiger partial charge >= 0.3 is 5.97 Å². The van der Waals surface area contributed by atoms with Crippen molar-refractivity contribution in [2.75, 3.05) is 26.7 Å². The summed E-state index contributed by atoms with van der Waals surface area (Å²) in [5.74, 6) is 0.473. The van der Waals surface area contributed by atoms with Crippen LogP contribution in [0.15, 0.2) is 30.3 Å². The Morgan fingerprint density at radius 3 is 2.90 bits per heavy atom. The zero-order valence-electron chi connectivity index (χ0n) is 12.1. The number of nitrogens with one attached hydrogen (secondary N) is 2. The Hall–Kier alpha value is -1.39. The van der Waals surface area contributed by atoms with Crippen LogP contribution in [0.4, 0.5) is 0 Å². The Labute approximate surface area is 120 Å². The van der Waals surface area contributed by atoms with E-state index in [2.05, 4.69) is 22.8 Å². The van der Waals surface area contributed by atoms with Gasteiger partial charge in [-0.05, 0) is 44.0 Å². The Kier molecular flexibility index (Phi) is 6.02. The van der Waals surface area contributed by atoms with Gasteiger partial charge in [-0.25, -0.2) is 0 Å². The highest BCUT2D eigenvalue weighted by atomic mass is 16.5. The molecular weight excluding hydrogens is 252 g/mol. The molecule has 0 aromatic heterocycles. The molecule has 4 heteroatoms. The van der Waals surface area contributed by atoms with Gasteiger partial charge < -0.3 is 15.4 Å². The number of carbonyl (C=O) groups excluding carboxylic acids is 1. The third kappa shape index (κ3) is 4.62. The summed E-state index contributed by atoms with van der Waals surface area (Å²) in [6.07, 6.45) is 2.86. The van der Waals surface area contributed by atoms with Crippen LogP contribution in [0.5, 0.6) is 0 Å². The summed E-state index contributed by atoms with van der Waals surface area (Å²) >= 11 is 0. The number of piperidine rings is 1. The Bertz CT molecular complexity index is 402. The monoisotopic (exact) mass is 276 g/mol. The molecule has 1 saturated heterocycles. The minimum atomic E-state index is -0.173. The molecule has 1 aromatic carbocycles. The molecule has 0 spiro atoms. The summed E-state index contributed by atoms with van der Waals surface area (Å²) in [7, 11) is 1.44. The average Bonchev–Trinajstić information content (AvgIpc) is 2.53. The highest BCUT2D eigenvalue weighted by molar-refractivity contribution is 5.70. The van der Waals surface area contributed by atoms with E-state index in [0.717, 1.165) is 25.2 Å². The molecule has 20 heavy (non-hydrogen) atoms. The van der Waals surface area contributed by atoms with Crippen molar-refractivity contribution in [3.05, 3.63) is 35.9 Å². The SMILES string of the molecule is COC(=O)C[C@H](NC[C@@H]1CCCNC1)c1ccccc1. The fraction of sp³-hybridized carbons (Fsp3) is 0.562. The van der Waals surface area contributed by atoms with Gasteiger partial charge in [-0.2, -0.15) is 0 Å². The summed E-state index contributed by atoms with van der Waals surface area (Å²) in [6.45, 7) is 3.12. The highest BCUT2D eigenvalue weighted by Gasteiger charge is 2.19. The van der Waals surface area contributed by atoms with Gasteiger partial charge in [0.25, 0.3) is 0 Å². The van der Waals surface area contributed by atoms with Gasteiger partial charge in [0.2, 0.25) is 0 Å². The quantitative estimate of drug-likeness (QED) is 0.779. The number of carbonyl (C=O) groups is 1. The molecule has 0 saturated carbocycles. The lowest BCUT2D eigenvalue weighted by molar-refractivity contribution is -0.141. The van der Waals surface area contributed by atoms with Gasteiger partial charge in [0.1, 0.15) is 0 Å². The lowest BCUT2D eigenvalue weighted by Crippen LogP contribution is -2.37. The third-order valence-electron chi connectivity index (χ3n) is 3.85. The van der Waals surface area contributed by atoms with Gasteiger partial charge in [-0.1, -0.05) is 30.3 Å². The standard InChI is InChI=1S/C16H24N2O2/c1-20-16(19)10-15(14-7-3-2-4-8-14)18-12-13-6-5-9-17-11-13/h2-4,7-8,13,15,17-18H,5-6,9-12H2,1H3/t13-,15+/m1/s1. The van der Waals surface area contributed by atoms with Crippen molar-refractivity contribution in [2.45, 2.75) is 25.3 Å². The molecule has 2 N–H and O–H groups in total. The summed E-state index contributed by atoms with van der Waals surface area (Å²) in [5.41, 5.74) is 1.14. The second-order valence-corrected chi connectivity index (χ2v) is 5.36. The predicted molar refractivity (Wildman–Crippen MR) is 79.4 cm³/mol. The fourth-order valence-electron chi connectivity index (χ4n) is 2.65. The first-order valence-corrected chi connectivity index (χ1v) is 7.35. The molecule has 0 radical (unpaired) electrons. The molecule has 0 amide bonds. The molecule has 4 nitrogen and oxygen atoms in total. The first-order valence-electron chi connectivity index (χ1n) is 7.35. The number of benzene rings is 1. The van der Waals surface area contributed by atoms with E-state index in [9.17, 15) is 4.79 Å². The van der Waals surface area contributed by atoms with Crippen LogP contribution < -0.4 is 10.6 Å². The number of methoxy groups -OCH3 is 1. The van der Waals surface area contributed by atoms with E-state index in [-0.39, 0.29) is 12.0 Å². The molecule has 0 unspecified atom stereocenters. The number of rotatable bonds is 6. The van der Waals surface area contributed by atoms with Gasteiger partial charge in [0.05, 0.1) is 13.5 Å². The van der Waals surface area contributed by atoms with E-state index in [1.165, 1.54) is 20.0 Å². The summed E-state index contributed by atoms with van der Waals surface area (Å²) in [5, 5.41) is 6.95. The minimum Gasteiger partial charge on any atom is -0.469 e. The van der Waals surface area contributed by atoms with Gasteiger partial charge in [0, 0.05) is 6.04 Å². The van der Waals surface area contributed by atoms with Crippen LogP contribution in [-0.2, 0) is 9.53 Å². The molecule has 1 aliphatic rings. The van der Waals surface area contributed by atoms with Crippen molar-refractivity contribution in [2.24, 2.45) is 5.92 Å². The van der Waals surface area contributed by atoms with E-state index in [4.69, 9.17) is 4.74 Å². The lowest BCUT2D eigenvalue weighted by Gasteiger charge is -2.26. The highest BCUT2D eigenvalue weighted by Crippen LogP contribution is 2.18. The maximum atomic E-state index is 11.6. The van der Waals surface area contributed by atoms with Crippen LogP contribution in [0.3, 0.4) is 0 Å². The molecule has 2 atom stereocenters. The summed E-state index contributed by atoms with van der Waals surface area (Å²) in [4.78, 5) is 11.6. The maximum absolute atomic E-state index is 11.6. The smallest absolute Gasteiger partial charge is 0.307 e. The average molecular weight is 276 g/mol. The third-order valence-corrected chi connectivity index (χ3v) is 3.85. The van der Waals surface area contributed by atoms with Gasteiger partial charge in [-0.15, -0.1) is 0 Å². The van der Waals surface area contributed by atoms with Crippen LogP contribution >= 0.6 is 0 Å². The second kappa shape index (κ2) is 8.02. The molecule has 1 heterocycles. The van der Waals surface area contributed by atoms with Crippen molar-refractivity contribution >= 4 is 5.97 Å². The summed E-state index contributed by atoms with van der Waals surface area (Å²) < 4.78 is 4.80. The van der Waals surface area contributed by atoms with Crippen molar-refractivity contribution in [3.63, 3.8) is 0 Å². The lowest BCUT2D eigenvalue weighted by atomic mass is 9.98. The number of esters is 1. The molecule has 110 valence electrons. The first kappa shape index (κ1) is 15.0. The molecule has 1 aromatic rings. The van der Waals surface area contributed by atoms with Crippen LogP contribution in [0.2, 0.25) is 0 Å². The van der Waals surface area contributed by atoms with Crippen LogP contribution in [0, 0.1) is 5.92 Å². The van der Waals surface area contributed by atoms with Crippen LogP contribution in [0.25, 0.3) is 0 Å². The Balaban J connectivity index is 1.93. The predicted octanol–water partition coefficient (Wildman–Crippen LogP) is 1.88. The Morgan fingerprint density at radius 1 is 1.45 bits per heavy atom. The first-order chi connectivity index (χ1) is 9.79. The van der Waals surface area contributed by atoms with Crippen LogP contribution in [-0.4, -0.2) is 32.7 Å². The minimum absolute atomic E-state index is 0.0329. The van der Waals surface area contributed by atoms with E-state index in [1.54, 1.807) is 0 Å². The van der Waals surface area contributed by atoms with Crippen molar-refractivity contribution in [1.29, 1.82) is 0 Å². The molecule has 0 bridgehead atoms. The van der Waals surface area contributed by atoms with Gasteiger partial charge in [0.15, 0.2) is 0 Å². The normalized spacial score (nSPS) is 20.4. The van der Waals surface area contributed by atoms with E-state index in [0.29, 0.717) is 12.3 Å². The maximum Gasteiger partial charge on any atom is 0.307 e. The number of hydrogen-bond acceptors (Lipinski definition) is 4. The molecule has 0 aliphatic carbocycles. The van der Waals surface area contributed by atoms with Crippen molar-refractivity contribution in [1.82, 2.24) is 10.6 Å². The molecule has 2 rings (SSSR count). The fourth-order valence-corrected chi connectivity index (χ4v) is 2.65. The zero-order chi connectivity index (χ0) is 14.2. The van der Waals surface area contributed by atoms with E-state index < -0.39 is 0 Å². The second-order valence-electron chi connectivity index (χ2n) is 5.36. The van der Waals surface area contributed by atoms with E-state index >= 15 is 0 Å². The Morgan fingerprint density at radius 2 is 2.25 bits per heavy atom. The van der Waals surface area contributed by atoms with E-state index in [1.807, 2.05) is 18.2 Å². The molecule has 1 aliphatic heterocycles. The van der Waals surface area contributed by atoms with Gasteiger partial charge in [-0.3, -0.25) is 4.79 Å². The number of ether oxygens (including phenoxy) is 1. The van der Waals surface area contributed by atoms with Crippen LogP contribution in [0.1, 0.15) is 30.9 Å². The molecular formula is C16H24N2O2. The largest absolute Gasteiger partial charge is 0.469 e. The van der Waals surface area contributed by atoms with Crippen molar-refractivity contribution < 1.29 is 9.53 Å².